The van der Waals surface area contributed by atoms with E-state index >= 15 is 0 Å². The lowest BCUT2D eigenvalue weighted by Crippen LogP contribution is -2.26. The number of Topliss-reactive ketones (excluding diaryl/α,β-unsaturated/α-hetero) is 1. The Hall–Kier alpha value is -0.810. The summed E-state index contributed by atoms with van der Waals surface area (Å²) >= 11 is 4.82. The fourth-order valence-corrected chi connectivity index (χ4v) is 2.85. The Kier molecular flexibility index (Phi) is 7.92. The lowest BCUT2D eigenvalue weighted by molar-refractivity contribution is -0.149. The minimum Gasteiger partial charge on any atom is -0.468 e. The molecule has 1 rings (SSSR count). The number of ether oxygens (including phenoxy) is 1. The molecule has 1 atom stereocenters. The molecule has 3 nitrogen and oxygen atoms in total. The molecule has 0 saturated carbocycles. The molecule has 0 saturated heterocycles. The first-order valence-corrected chi connectivity index (χ1v) is 8.35. The van der Waals surface area contributed by atoms with E-state index in [-0.39, 0.29) is 5.78 Å². The lowest BCUT2D eigenvalue weighted by Gasteiger charge is -2.12. The SMILES string of the molecule is CCCCC(C(=O)CSc1ccc(Br)cc1)C(=O)OC. The van der Waals surface area contributed by atoms with Crippen molar-refractivity contribution >= 4 is 39.4 Å². The van der Waals surface area contributed by atoms with Crippen LogP contribution >= 0.6 is 27.7 Å². The Bertz CT molecular complexity index is 445. The monoisotopic (exact) mass is 358 g/mol. The van der Waals surface area contributed by atoms with E-state index in [1.165, 1.54) is 18.9 Å². The first-order chi connectivity index (χ1) is 9.58. The van der Waals surface area contributed by atoms with E-state index in [4.69, 9.17) is 4.74 Å². The molecule has 0 amide bonds. The molecule has 0 fully saturated rings. The Morgan fingerprint density at radius 2 is 1.95 bits per heavy atom. The molecule has 0 aromatic heterocycles. The van der Waals surface area contributed by atoms with Gasteiger partial charge in [0.25, 0.3) is 0 Å². The van der Waals surface area contributed by atoms with Gasteiger partial charge >= 0.3 is 5.97 Å². The van der Waals surface area contributed by atoms with Gasteiger partial charge in [0.1, 0.15) is 5.92 Å². The van der Waals surface area contributed by atoms with Crippen molar-refractivity contribution in [2.24, 2.45) is 5.92 Å². The summed E-state index contributed by atoms with van der Waals surface area (Å²) < 4.78 is 5.73. The zero-order chi connectivity index (χ0) is 15.0. The molecule has 0 spiro atoms. The van der Waals surface area contributed by atoms with Crippen molar-refractivity contribution in [3.05, 3.63) is 28.7 Å². The Balaban J connectivity index is 2.56. The molecule has 1 aromatic rings. The second kappa shape index (κ2) is 9.19. The summed E-state index contributed by atoms with van der Waals surface area (Å²) in [5, 5.41) is 0. The molecule has 1 unspecified atom stereocenters. The van der Waals surface area contributed by atoms with Crippen LogP contribution in [-0.4, -0.2) is 24.6 Å². The zero-order valence-electron chi connectivity index (χ0n) is 11.7. The maximum Gasteiger partial charge on any atom is 0.316 e. The van der Waals surface area contributed by atoms with Gasteiger partial charge in [0, 0.05) is 9.37 Å². The van der Waals surface area contributed by atoms with E-state index in [0.29, 0.717) is 12.2 Å². The number of thioether (sulfide) groups is 1. The van der Waals surface area contributed by atoms with Crippen LogP contribution in [0, 0.1) is 5.92 Å². The fraction of sp³-hybridized carbons (Fsp3) is 0.467. The maximum absolute atomic E-state index is 12.2. The van der Waals surface area contributed by atoms with Crippen molar-refractivity contribution in [1.29, 1.82) is 0 Å². The first kappa shape index (κ1) is 17.2. The number of unbranched alkanes of at least 4 members (excludes halogenated alkanes) is 1. The zero-order valence-corrected chi connectivity index (χ0v) is 14.1. The minimum atomic E-state index is -0.622. The highest BCUT2D eigenvalue weighted by Gasteiger charge is 2.26. The third-order valence-corrected chi connectivity index (χ3v) is 4.48. The van der Waals surface area contributed by atoms with E-state index in [0.717, 1.165) is 22.2 Å². The first-order valence-electron chi connectivity index (χ1n) is 6.57. The quantitative estimate of drug-likeness (QED) is 0.398. The van der Waals surface area contributed by atoms with Gasteiger partial charge < -0.3 is 4.74 Å². The second-order valence-electron chi connectivity index (χ2n) is 4.43. The molecule has 0 radical (unpaired) electrons. The molecule has 5 heteroatoms. The van der Waals surface area contributed by atoms with Crippen LogP contribution in [0.3, 0.4) is 0 Å². The normalized spacial score (nSPS) is 11.9. The number of carbonyl (C=O) groups excluding carboxylic acids is 2. The van der Waals surface area contributed by atoms with Gasteiger partial charge in [-0.05, 0) is 30.7 Å². The number of carbonyl (C=O) groups is 2. The molecule has 20 heavy (non-hydrogen) atoms. The number of hydrogen-bond donors (Lipinski definition) is 0. The molecule has 0 aliphatic carbocycles. The van der Waals surface area contributed by atoms with Gasteiger partial charge in [0.2, 0.25) is 0 Å². The lowest BCUT2D eigenvalue weighted by atomic mass is 9.98. The number of benzene rings is 1. The summed E-state index contributed by atoms with van der Waals surface area (Å²) in [5.41, 5.74) is 0. The van der Waals surface area contributed by atoms with Crippen molar-refractivity contribution in [2.45, 2.75) is 31.1 Å². The molecule has 1 aromatic carbocycles. The highest BCUT2D eigenvalue weighted by molar-refractivity contribution is 9.10. The van der Waals surface area contributed by atoms with Gasteiger partial charge in [-0.3, -0.25) is 9.59 Å². The molecule has 0 bridgehead atoms. The Morgan fingerprint density at radius 3 is 2.50 bits per heavy atom. The summed E-state index contributed by atoms with van der Waals surface area (Å²) in [6, 6.07) is 7.76. The average Bonchev–Trinajstić information content (AvgIpc) is 2.46. The van der Waals surface area contributed by atoms with Crippen LogP contribution in [0.15, 0.2) is 33.6 Å². The molecular weight excluding hydrogens is 340 g/mol. The third kappa shape index (κ3) is 5.67. The number of rotatable bonds is 8. The second-order valence-corrected chi connectivity index (χ2v) is 6.39. The topological polar surface area (TPSA) is 43.4 Å². The molecule has 0 aliphatic rings. The van der Waals surface area contributed by atoms with Crippen LogP contribution < -0.4 is 0 Å². The molecule has 0 aliphatic heterocycles. The van der Waals surface area contributed by atoms with E-state index in [2.05, 4.69) is 15.9 Å². The Labute approximate surface area is 132 Å². The molecular formula is C15H19BrO3S. The van der Waals surface area contributed by atoms with E-state index < -0.39 is 11.9 Å². The summed E-state index contributed by atoms with van der Waals surface area (Å²) in [7, 11) is 1.33. The summed E-state index contributed by atoms with van der Waals surface area (Å²) in [6.07, 6.45) is 2.39. The third-order valence-electron chi connectivity index (χ3n) is 2.92. The van der Waals surface area contributed by atoms with Crippen molar-refractivity contribution in [2.75, 3.05) is 12.9 Å². The highest BCUT2D eigenvalue weighted by atomic mass is 79.9. The van der Waals surface area contributed by atoms with Crippen molar-refractivity contribution < 1.29 is 14.3 Å². The fourth-order valence-electron chi connectivity index (χ4n) is 1.75. The van der Waals surface area contributed by atoms with Crippen LogP contribution in [0.5, 0.6) is 0 Å². The van der Waals surface area contributed by atoms with Crippen molar-refractivity contribution in [1.82, 2.24) is 0 Å². The number of esters is 1. The van der Waals surface area contributed by atoms with Crippen LogP contribution in [0.4, 0.5) is 0 Å². The van der Waals surface area contributed by atoms with Crippen molar-refractivity contribution in [3.63, 3.8) is 0 Å². The van der Waals surface area contributed by atoms with Gasteiger partial charge in [0.15, 0.2) is 5.78 Å². The molecule has 0 heterocycles. The van der Waals surface area contributed by atoms with Gasteiger partial charge in [0.05, 0.1) is 12.9 Å². The predicted octanol–water partition coefficient (Wildman–Crippen LogP) is 4.09. The van der Waals surface area contributed by atoms with Gasteiger partial charge in [-0.2, -0.15) is 0 Å². The number of methoxy groups -OCH3 is 1. The van der Waals surface area contributed by atoms with E-state index in [1.807, 2.05) is 31.2 Å². The maximum atomic E-state index is 12.2. The summed E-state index contributed by atoms with van der Waals surface area (Å²) in [5.74, 6) is -0.800. The minimum absolute atomic E-state index is 0.0572. The summed E-state index contributed by atoms with van der Waals surface area (Å²) in [4.78, 5) is 24.8. The standard InChI is InChI=1S/C15H19BrO3S/c1-3-4-5-13(15(18)19-2)14(17)10-20-12-8-6-11(16)7-9-12/h6-9,13H,3-5,10H2,1-2H3. The smallest absolute Gasteiger partial charge is 0.316 e. The average molecular weight is 359 g/mol. The number of halogens is 1. The Morgan fingerprint density at radius 1 is 1.30 bits per heavy atom. The number of ketones is 1. The van der Waals surface area contributed by atoms with Crippen LogP contribution in [-0.2, 0) is 14.3 Å². The van der Waals surface area contributed by atoms with Gasteiger partial charge in [-0.15, -0.1) is 11.8 Å². The predicted molar refractivity (Wildman–Crippen MR) is 84.9 cm³/mol. The summed E-state index contributed by atoms with van der Waals surface area (Å²) in [6.45, 7) is 2.04. The van der Waals surface area contributed by atoms with Gasteiger partial charge in [-0.1, -0.05) is 35.7 Å². The highest BCUT2D eigenvalue weighted by Crippen LogP contribution is 2.23. The molecule has 110 valence electrons. The van der Waals surface area contributed by atoms with E-state index in [9.17, 15) is 9.59 Å². The molecule has 0 N–H and O–H groups in total. The van der Waals surface area contributed by atoms with Crippen LogP contribution in [0.2, 0.25) is 0 Å². The van der Waals surface area contributed by atoms with E-state index in [1.54, 1.807) is 0 Å². The van der Waals surface area contributed by atoms with Gasteiger partial charge in [-0.25, -0.2) is 0 Å². The largest absolute Gasteiger partial charge is 0.468 e. The van der Waals surface area contributed by atoms with Crippen molar-refractivity contribution in [3.8, 4) is 0 Å². The van der Waals surface area contributed by atoms with Crippen LogP contribution in [0.1, 0.15) is 26.2 Å². The van der Waals surface area contributed by atoms with Crippen LogP contribution in [0.25, 0.3) is 0 Å². The number of hydrogen-bond acceptors (Lipinski definition) is 4.